The van der Waals surface area contributed by atoms with Crippen molar-refractivity contribution < 1.29 is 9.47 Å². The summed E-state index contributed by atoms with van der Waals surface area (Å²) < 4.78 is 10.8. The summed E-state index contributed by atoms with van der Waals surface area (Å²) in [6.45, 7) is 12.3. The molecule has 1 heterocycles. The van der Waals surface area contributed by atoms with Crippen molar-refractivity contribution in [2.75, 3.05) is 26.4 Å². The first kappa shape index (κ1) is 16.4. The molecule has 0 saturated carbocycles. The summed E-state index contributed by atoms with van der Waals surface area (Å²) in [6, 6.07) is 5.99. The van der Waals surface area contributed by atoms with Gasteiger partial charge >= 0.3 is 0 Å². The lowest BCUT2D eigenvalue weighted by Gasteiger charge is -2.28. The Hall–Kier alpha value is -0.930. The maximum absolute atomic E-state index is 6.63. The molecule has 4 heteroatoms. The van der Waals surface area contributed by atoms with Gasteiger partial charge in [0.2, 0.25) is 6.79 Å². The van der Waals surface area contributed by atoms with Gasteiger partial charge in [0.05, 0.1) is 5.38 Å². The summed E-state index contributed by atoms with van der Waals surface area (Å²) >= 11 is 6.63. The Kier molecular flexibility index (Phi) is 5.77. The molecule has 0 saturated heterocycles. The topological polar surface area (TPSA) is 21.7 Å². The van der Waals surface area contributed by atoms with Crippen molar-refractivity contribution in [1.82, 2.24) is 4.90 Å². The number of hydrogen-bond donors (Lipinski definition) is 0. The maximum Gasteiger partial charge on any atom is 0.231 e. The smallest absolute Gasteiger partial charge is 0.231 e. The number of nitrogens with zero attached hydrogens (tertiary/aromatic N) is 1. The highest BCUT2D eigenvalue weighted by atomic mass is 35.5. The average Bonchev–Trinajstić information content (AvgIpc) is 2.83. The number of halogens is 1. The summed E-state index contributed by atoms with van der Waals surface area (Å²) in [5.41, 5.74) is 1.10. The van der Waals surface area contributed by atoms with E-state index in [1.165, 1.54) is 0 Å². The zero-order valence-electron chi connectivity index (χ0n) is 13.4. The summed E-state index contributed by atoms with van der Waals surface area (Å²) in [4.78, 5) is 2.46. The molecular weight excluding hydrogens is 286 g/mol. The first-order chi connectivity index (χ1) is 9.95. The first-order valence-corrected chi connectivity index (χ1v) is 8.15. The van der Waals surface area contributed by atoms with E-state index in [4.69, 9.17) is 21.1 Å². The quantitative estimate of drug-likeness (QED) is 0.700. The van der Waals surface area contributed by atoms with Crippen LogP contribution >= 0.6 is 11.6 Å². The molecule has 1 aliphatic heterocycles. The number of fused-ring (bicyclic) bond motifs is 1. The summed E-state index contributed by atoms with van der Waals surface area (Å²) in [7, 11) is 0. The van der Waals surface area contributed by atoms with Crippen molar-refractivity contribution in [1.29, 1.82) is 0 Å². The largest absolute Gasteiger partial charge is 0.454 e. The van der Waals surface area contributed by atoms with Gasteiger partial charge in [-0.3, -0.25) is 0 Å². The van der Waals surface area contributed by atoms with Gasteiger partial charge in [0, 0.05) is 19.6 Å². The number of ether oxygens (including phenoxy) is 2. The highest BCUT2D eigenvalue weighted by Crippen LogP contribution is 2.35. The second-order valence-corrected chi connectivity index (χ2v) is 7.11. The molecule has 2 rings (SSSR count). The molecule has 0 N–H and O–H groups in total. The van der Waals surface area contributed by atoms with Crippen LogP contribution in [0.1, 0.15) is 38.6 Å². The minimum atomic E-state index is -0.0306. The normalized spacial score (nSPS) is 15.2. The van der Waals surface area contributed by atoms with Crippen molar-refractivity contribution in [2.24, 2.45) is 11.8 Å². The van der Waals surface area contributed by atoms with E-state index >= 15 is 0 Å². The first-order valence-electron chi connectivity index (χ1n) is 7.71. The van der Waals surface area contributed by atoms with Crippen LogP contribution in [-0.4, -0.2) is 31.3 Å². The predicted octanol–water partition coefficient (Wildman–Crippen LogP) is 4.31. The third-order valence-electron chi connectivity index (χ3n) is 3.42. The summed E-state index contributed by atoms with van der Waals surface area (Å²) in [5, 5.41) is -0.0306. The van der Waals surface area contributed by atoms with Crippen molar-refractivity contribution in [2.45, 2.75) is 33.1 Å². The van der Waals surface area contributed by atoms with E-state index in [9.17, 15) is 0 Å². The number of alkyl halides is 1. The van der Waals surface area contributed by atoms with Gasteiger partial charge in [0.15, 0.2) is 11.5 Å². The lowest BCUT2D eigenvalue weighted by Crippen LogP contribution is -2.34. The van der Waals surface area contributed by atoms with Gasteiger partial charge < -0.3 is 14.4 Å². The molecule has 0 bridgehead atoms. The Morgan fingerprint density at radius 1 is 1.00 bits per heavy atom. The Morgan fingerprint density at radius 3 is 2.24 bits per heavy atom. The van der Waals surface area contributed by atoms with E-state index in [1.807, 2.05) is 18.2 Å². The van der Waals surface area contributed by atoms with Crippen LogP contribution in [0.15, 0.2) is 18.2 Å². The Labute approximate surface area is 133 Å². The van der Waals surface area contributed by atoms with Gasteiger partial charge in [-0.25, -0.2) is 0 Å². The van der Waals surface area contributed by atoms with Gasteiger partial charge in [-0.05, 0) is 29.5 Å². The van der Waals surface area contributed by atoms with Gasteiger partial charge in [0.25, 0.3) is 0 Å². The van der Waals surface area contributed by atoms with Crippen LogP contribution in [0.4, 0.5) is 0 Å². The zero-order chi connectivity index (χ0) is 15.4. The Balaban J connectivity index is 2.02. The van der Waals surface area contributed by atoms with Crippen molar-refractivity contribution >= 4 is 11.6 Å². The highest BCUT2D eigenvalue weighted by molar-refractivity contribution is 6.21. The third kappa shape index (κ3) is 4.79. The highest BCUT2D eigenvalue weighted by Gasteiger charge is 2.19. The third-order valence-corrected chi connectivity index (χ3v) is 3.81. The summed E-state index contributed by atoms with van der Waals surface area (Å²) in [6.07, 6.45) is 0. The fraction of sp³-hybridized carbons (Fsp3) is 0.647. The Bertz CT molecular complexity index is 452. The van der Waals surface area contributed by atoms with Crippen molar-refractivity contribution in [3.8, 4) is 11.5 Å². The molecule has 0 spiro atoms. The van der Waals surface area contributed by atoms with Crippen LogP contribution in [0.25, 0.3) is 0 Å². The van der Waals surface area contributed by atoms with Crippen LogP contribution in [0, 0.1) is 11.8 Å². The molecule has 1 unspecified atom stereocenters. The molecule has 1 aromatic carbocycles. The number of hydrogen-bond acceptors (Lipinski definition) is 3. The van der Waals surface area contributed by atoms with Crippen LogP contribution in [0.3, 0.4) is 0 Å². The minimum Gasteiger partial charge on any atom is -0.454 e. The lowest BCUT2D eigenvalue weighted by molar-refractivity contribution is 0.174. The molecule has 21 heavy (non-hydrogen) atoms. The summed E-state index contributed by atoms with van der Waals surface area (Å²) in [5.74, 6) is 2.90. The van der Waals surface area contributed by atoms with Crippen molar-refractivity contribution in [3.05, 3.63) is 23.8 Å². The zero-order valence-corrected chi connectivity index (χ0v) is 14.2. The van der Waals surface area contributed by atoms with E-state index in [0.29, 0.717) is 18.6 Å². The molecule has 0 aromatic heterocycles. The van der Waals surface area contributed by atoms with E-state index < -0.39 is 0 Å². The molecule has 0 amide bonds. The monoisotopic (exact) mass is 311 g/mol. The second-order valence-electron chi connectivity index (χ2n) is 6.59. The SMILES string of the molecule is CC(C)CN(CC(C)C)CC(Cl)c1ccc2c(c1)OCO2. The number of rotatable bonds is 7. The second kappa shape index (κ2) is 7.37. The fourth-order valence-electron chi connectivity index (χ4n) is 2.70. The van der Waals surface area contributed by atoms with Crippen LogP contribution in [0.5, 0.6) is 11.5 Å². The van der Waals surface area contributed by atoms with Crippen LogP contribution in [-0.2, 0) is 0 Å². The van der Waals surface area contributed by atoms with Crippen LogP contribution < -0.4 is 9.47 Å². The van der Waals surface area contributed by atoms with E-state index in [-0.39, 0.29) is 5.38 Å². The van der Waals surface area contributed by atoms with Crippen molar-refractivity contribution in [3.63, 3.8) is 0 Å². The van der Waals surface area contributed by atoms with E-state index in [2.05, 4.69) is 32.6 Å². The van der Waals surface area contributed by atoms with Gasteiger partial charge in [-0.2, -0.15) is 0 Å². The molecule has 1 atom stereocenters. The molecule has 0 radical (unpaired) electrons. The molecule has 0 fully saturated rings. The molecule has 118 valence electrons. The fourth-order valence-corrected chi connectivity index (χ4v) is 3.03. The minimum absolute atomic E-state index is 0.0306. The maximum atomic E-state index is 6.63. The molecule has 1 aromatic rings. The van der Waals surface area contributed by atoms with E-state index in [0.717, 1.165) is 36.7 Å². The lowest BCUT2D eigenvalue weighted by atomic mass is 10.1. The van der Waals surface area contributed by atoms with Gasteiger partial charge in [-0.15, -0.1) is 11.6 Å². The molecule has 0 aliphatic carbocycles. The molecular formula is C17H26ClNO2. The standard InChI is InChI=1S/C17H26ClNO2/c1-12(2)8-19(9-13(3)4)10-15(18)14-5-6-16-17(7-14)21-11-20-16/h5-7,12-13,15H,8-11H2,1-4H3. The van der Waals surface area contributed by atoms with Gasteiger partial charge in [-0.1, -0.05) is 33.8 Å². The number of benzene rings is 1. The van der Waals surface area contributed by atoms with E-state index in [1.54, 1.807) is 0 Å². The molecule has 3 nitrogen and oxygen atoms in total. The molecule has 1 aliphatic rings. The Morgan fingerprint density at radius 2 is 1.62 bits per heavy atom. The predicted molar refractivity (Wildman–Crippen MR) is 87.3 cm³/mol. The van der Waals surface area contributed by atoms with Crippen LogP contribution in [0.2, 0.25) is 0 Å². The average molecular weight is 312 g/mol. The van der Waals surface area contributed by atoms with Gasteiger partial charge in [0.1, 0.15) is 0 Å².